The first-order chi connectivity index (χ1) is 6.83. The highest BCUT2D eigenvalue weighted by Gasteiger charge is 2.21. The molecule has 14 heavy (non-hydrogen) atoms. The number of hydrogen-bond acceptors (Lipinski definition) is 0. The lowest BCUT2D eigenvalue weighted by atomic mass is 10.1. The van der Waals surface area contributed by atoms with Crippen LogP contribution < -0.4 is 0 Å². The molecule has 0 atom stereocenters. The van der Waals surface area contributed by atoms with Crippen LogP contribution in [-0.2, 0) is 6.42 Å². The minimum atomic E-state index is 0.818. The Hall–Kier alpha value is -0.950. The van der Waals surface area contributed by atoms with E-state index in [1.54, 1.807) is 0 Å². The van der Waals surface area contributed by atoms with E-state index < -0.39 is 0 Å². The summed E-state index contributed by atoms with van der Waals surface area (Å²) in [5.41, 5.74) is 2.59. The molecule has 1 heterocycles. The zero-order chi connectivity index (χ0) is 9.54. The third kappa shape index (κ3) is 1.42. The number of aromatic nitrogens is 1. The number of rotatable bonds is 2. The molecule has 1 aliphatic rings. The maximum atomic E-state index is 6.01. The van der Waals surface area contributed by atoms with Crippen LogP contribution in [0.15, 0.2) is 24.4 Å². The van der Waals surface area contributed by atoms with Crippen LogP contribution in [0.3, 0.4) is 0 Å². The van der Waals surface area contributed by atoms with Gasteiger partial charge in [-0.05, 0) is 36.8 Å². The number of fused-ring (bicyclic) bond motifs is 1. The predicted octanol–water partition coefficient (Wildman–Crippen LogP) is 3.77. The van der Waals surface area contributed by atoms with Gasteiger partial charge in [-0.1, -0.05) is 23.7 Å². The lowest BCUT2D eigenvalue weighted by molar-refractivity contribution is 0.833. The monoisotopic (exact) mass is 205 g/mol. The van der Waals surface area contributed by atoms with Gasteiger partial charge in [0, 0.05) is 17.1 Å². The molecule has 2 heteroatoms. The normalized spacial score (nSPS) is 16.4. The number of H-pyrrole nitrogens is 1. The lowest BCUT2D eigenvalue weighted by Gasteiger charge is -1.99. The van der Waals surface area contributed by atoms with Gasteiger partial charge < -0.3 is 4.98 Å². The van der Waals surface area contributed by atoms with E-state index in [1.165, 1.54) is 24.8 Å². The van der Waals surface area contributed by atoms with E-state index in [-0.39, 0.29) is 0 Å². The molecule has 3 rings (SSSR count). The van der Waals surface area contributed by atoms with Gasteiger partial charge in [0.15, 0.2) is 0 Å². The van der Waals surface area contributed by atoms with Crippen molar-refractivity contribution in [1.82, 2.24) is 4.98 Å². The van der Waals surface area contributed by atoms with Crippen molar-refractivity contribution < 1.29 is 0 Å². The van der Waals surface area contributed by atoms with Gasteiger partial charge in [0.2, 0.25) is 0 Å². The zero-order valence-electron chi connectivity index (χ0n) is 7.89. The van der Waals surface area contributed by atoms with Gasteiger partial charge in [-0.15, -0.1) is 0 Å². The second-order valence-corrected chi connectivity index (χ2v) is 4.57. The maximum Gasteiger partial charge on any atom is 0.0659 e. The molecule has 1 saturated carbocycles. The molecule has 1 aromatic heterocycles. The molecular formula is C12H12ClN. The molecule has 0 aliphatic heterocycles. The fourth-order valence-electron chi connectivity index (χ4n) is 1.92. The molecule has 0 amide bonds. The Morgan fingerprint density at radius 1 is 1.36 bits per heavy atom. The number of aromatic amines is 1. The second-order valence-electron chi connectivity index (χ2n) is 4.16. The molecule has 2 aromatic rings. The summed E-state index contributed by atoms with van der Waals surface area (Å²) in [7, 11) is 0. The number of halogens is 1. The van der Waals surface area contributed by atoms with Crippen molar-refractivity contribution in [2.75, 3.05) is 0 Å². The third-order valence-electron chi connectivity index (χ3n) is 2.92. The quantitative estimate of drug-likeness (QED) is 0.768. The van der Waals surface area contributed by atoms with E-state index in [0.717, 1.165) is 21.8 Å². The molecular weight excluding hydrogens is 194 g/mol. The Labute approximate surface area is 88.1 Å². The predicted molar refractivity (Wildman–Crippen MR) is 59.7 cm³/mol. The van der Waals surface area contributed by atoms with Crippen LogP contribution in [0.25, 0.3) is 10.9 Å². The molecule has 1 aromatic carbocycles. The largest absolute Gasteiger partial charge is 0.360 e. The fourth-order valence-corrected chi connectivity index (χ4v) is 2.14. The zero-order valence-corrected chi connectivity index (χ0v) is 8.64. The topological polar surface area (TPSA) is 15.8 Å². The van der Waals surface area contributed by atoms with Gasteiger partial charge in [0.25, 0.3) is 0 Å². The van der Waals surface area contributed by atoms with Crippen molar-refractivity contribution in [3.63, 3.8) is 0 Å². The van der Waals surface area contributed by atoms with Crippen molar-refractivity contribution in [3.05, 3.63) is 35.0 Å². The maximum absolute atomic E-state index is 6.01. The highest BCUT2D eigenvalue weighted by Crippen LogP contribution is 2.33. The Balaban J connectivity index is 2.01. The average Bonchev–Trinajstić information content (AvgIpc) is 2.92. The molecule has 0 spiro atoms. The Kier molecular flexibility index (Phi) is 1.81. The Bertz CT molecular complexity index is 468. The van der Waals surface area contributed by atoms with Crippen LogP contribution >= 0.6 is 11.6 Å². The van der Waals surface area contributed by atoms with Crippen molar-refractivity contribution in [1.29, 1.82) is 0 Å². The molecule has 1 aliphatic carbocycles. The van der Waals surface area contributed by atoms with E-state index in [1.807, 2.05) is 6.20 Å². The summed E-state index contributed by atoms with van der Waals surface area (Å²) >= 11 is 6.01. The van der Waals surface area contributed by atoms with Crippen molar-refractivity contribution >= 4 is 22.5 Å². The van der Waals surface area contributed by atoms with Crippen LogP contribution in [0.5, 0.6) is 0 Å². The summed E-state index contributed by atoms with van der Waals surface area (Å²) < 4.78 is 0. The van der Waals surface area contributed by atoms with Crippen molar-refractivity contribution in [2.24, 2.45) is 5.92 Å². The number of benzene rings is 1. The van der Waals surface area contributed by atoms with Crippen LogP contribution in [0.4, 0.5) is 0 Å². The van der Waals surface area contributed by atoms with Crippen LogP contribution in [0, 0.1) is 5.92 Å². The highest BCUT2D eigenvalue weighted by atomic mass is 35.5. The lowest BCUT2D eigenvalue weighted by Crippen LogP contribution is -1.85. The molecule has 1 fully saturated rings. The summed E-state index contributed by atoms with van der Waals surface area (Å²) in [5, 5.41) is 1.95. The first kappa shape index (κ1) is 8.37. The molecule has 1 nitrogen and oxygen atoms in total. The van der Waals surface area contributed by atoms with E-state index in [2.05, 4.69) is 23.2 Å². The minimum absolute atomic E-state index is 0.818. The van der Waals surface area contributed by atoms with Gasteiger partial charge in [0.1, 0.15) is 0 Å². The molecule has 0 unspecified atom stereocenters. The van der Waals surface area contributed by atoms with Crippen LogP contribution in [0.2, 0.25) is 5.02 Å². The SMILES string of the molecule is Clc1c[nH]c2cc(CC3CC3)ccc12. The molecule has 72 valence electrons. The van der Waals surface area contributed by atoms with Crippen molar-refractivity contribution in [2.45, 2.75) is 19.3 Å². The fraction of sp³-hybridized carbons (Fsp3) is 0.333. The third-order valence-corrected chi connectivity index (χ3v) is 3.23. The highest BCUT2D eigenvalue weighted by molar-refractivity contribution is 6.35. The number of nitrogens with one attached hydrogen (secondary N) is 1. The summed E-state index contributed by atoms with van der Waals surface area (Å²) in [6, 6.07) is 6.53. The molecule has 0 saturated heterocycles. The van der Waals surface area contributed by atoms with Gasteiger partial charge in [-0.25, -0.2) is 0 Å². The molecule has 1 N–H and O–H groups in total. The van der Waals surface area contributed by atoms with Gasteiger partial charge in [-0.2, -0.15) is 0 Å². The minimum Gasteiger partial charge on any atom is -0.360 e. The van der Waals surface area contributed by atoms with Gasteiger partial charge >= 0.3 is 0 Å². The standard InChI is InChI=1S/C12H12ClN/c13-11-7-14-12-6-9(3-4-10(11)12)5-8-1-2-8/h3-4,6-8,14H,1-2,5H2. The van der Waals surface area contributed by atoms with E-state index in [9.17, 15) is 0 Å². The van der Waals surface area contributed by atoms with E-state index in [4.69, 9.17) is 11.6 Å². The summed E-state index contributed by atoms with van der Waals surface area (Å²) in [6.45, 7) is 0. The van der Waals surface area contributed by atoms with Crippen molar-refractivity contribution in [3.8, 4) is 0 Å². The number of hydrogen-bond donors (Lipinski definition) is 1. The van der Waals surface area contributed by atoms with E-state index >= 15 is 0 Å². The second kappa shape index (κ2) is 3.03. The first-order valence-electron chi connectivity index (χ1n) is 5.08. The Morgan fingerprint density at radius 3 is 3.00 bits per heavy atom. The van der Waals surface area contributed by atoms with Crippen LogP contribution in [-0.4, -0.2) is 4.98 Å². The van der Waals surface area contributed by atoms with Gasteiger partial charge in [0.05, 0.1) is 5.02 Å². The van der Waals surface area contributed by atoms with E-state index in [0.29, 0.717) is 0 Å². The molecule has 0 radical (unpaired) electrons. The Morgan fingerprint density at radius 2 is 2.21 bits per heavy atom. The smallest absolute Gasteiger partial charge is 0.0659 e. The summed E-state index contributed by atoms with van der Waals surface area (Å²) in [5.74, 6) is 0.942. The average molecular weight is 206 g/mol. The first-order valence-corrected chi connectivity index (χ1v) is 5.46. The summed E-state index contributed by atoms with van der Waals surface area (Å²) in [6.07, 6.45) is 5.90. The van der Waals surface area contributed by atoms with Crippen LogP contribution in [0.1, 0.15) is 18.4 Å². The van der Waals surface area contributed by atoms with Gasteiger partial charge in [-0.3, -0.25) is 0 Å². The molecule has 0 bridgehead atoms. The summed E-state index contributed by atoms with van der Waals surface area (Å²) in [4.78, 5) is 3.19.